The topological polar surface area (TPSA) is 59.6 Å². The van der Waals surface area contributed by atoms with Crippen molar-refractivity contribution in [2.75, 3.05) is 25.1 Å². The number of benzene rings is 1. The second-order valence-electron chi connectivity index (χ2n) is 4.36. The molecule has 7 heteroatoms. The minimum atomic E-state index is -0.829. The fourth-order valence-corrected chi connectivity index (χ4v) is 1.97. The number of halogens is 2. The Hall–Kier alpha value is -1.73. The van der Waals surface area contributed by atoms with Crippen molar-refractivity contribution in [3.8, 4) is 0 Å². The summed E-state index contributed by atoms with van der Waals surface area (Å²) in [6, 6.07) is 2.06. The lowest BCUT2D eigenvalue weighted by Crippen LogP contribution is -2.45. The van der Waals surface area contributed by atoms with Crippen LogP contribution in [0.25, 0.3) is 0 Å². The molecule has 0 radical (unpaired) electrons. The van der Waals surface area contributed by atoms with E-state index in [1.165, 1.54) is 0 Å². The first-order valence-electron chi connectivity index (χ1n) is 6.32. The summed E-state index contributed by atoms with van der Waals surface area (Å²) in [5, 5.41) is 4.97. The molecule has 1 saturated heterocycles. The molecule has 2 atom stereocenters. The summed E-state index contributed by atoms with van der Waals surface area (Å²) in [5.41, 5.74) is -0.0872. The largest absolute Gasteiger partial charge is 0.376 e. The highest BCUT2D eigenvalue weighted by Crippen LogP contribution is 2.15. The van der Waals surface area contributed by atoms with E-state index in [9.17, 15) is 13.6 Å². The molecule has 1 aromatic rings. The van der Waals surface area contributed by atoms with Gasteiger partial charge in [0.05, 0.1) is 24.9 Å². The first kappa shape index (κ1) is 14.7. The average molecular weight is 286 g/mol. The van der Waals surface area contributed by atoms with Crippen LogP contribution in [0.4, 0.5) is 19.3 Å². The molecule has 0 aromatic heterocycles. The van der Waals surface area contributed by atoms with Gasteiger partial charge in [0.2, 0.25) is 0 Å². The number of carbonyl (C=O) groups excluding carboxylic acids is 1. The van der Waals surface area contributed by atoms with Crippen LogP contribution in [0.5, 0.6) is 0 Å². The number of carbonyl (C=O) groups is 1. The number of hydrogen-bond acceptors (Lipinski definition) is 3. The second kappa shape index (κ2) is 6.62. The SMILES string of the molecule is CCO[C@H]1COC[C@@H]1NC(=O)Nc1ccc(F)cc1F. The molecule has 2 rings (SSSR count). The van der Waals surface area contributed by atoms with Crippen molar-refractivity contribution in [3.05, 3.63) is 29.8 Å². The summed E-state index contributed by atoms with van der Waals surface area (Å²) in [6.07, 6.45) is -0.219. The smallest absolute Gasteiger partial charge is 0.319 e. The van der Waals surface area contributed by atoms with E-state index in [1.54, 1.807) is 0 Å². The van der Waals surface area contributed by atoms with Gasteiger partial charge in [0, 0.05) is 12.7 Å². The number of rotatable bonds is 4. The zero-order chi connectivity index (χ0) is 14.5. The minimum absolute atomic E-state index is 0.0872. The van der Waals surface area contributed by atoms with Crippen molar-refractivity contribution >= 4 is 11.7 Å². The average Bonchev–Trinajstić information content (AvgIpc) is 2.81. The Bertz CT molecular complexity index is 485. The molecule has 2 amide bonds. The van der Waals surface area contributed by atoms with Crippen LogP contribution in [-0.4, -0.2) is 38.0 Å². The van der Waals surface area contributed by atoms with E-state index < -0.39 is 17.7 Å². The second-order valence-corrected chi connectivity index (χ2v) is 4.36. The van der Waals surface area contributed by atoms with Gasteiger partial charge in [0.15, 0.2) is 0 Å². The molecule has 0 unspecified atom stereocenters. The summed E-state index contributed by atoms with van der Waals surface area (Å²) < 4.78 is 36.8. The van der Waals surface area contributed by atoms with E-state index in [-0.39, 0.29) is 17.8 Å². The van der Waals surface area contributed by atoms with Crippen LogP contribution in [0.1, 0.15) is 6.92 Å². The summed E-state index contributed by atoms with van der Waals surface area (Å²) in [6.45, 7) is 3.11. The van der Waals surface area contributed by atoms with E-state index in [1.807, 2.05) is 6.92 Å². The van der Waals surface area contributed by atoms with Gasteiger partial charge in [-0.2, -0.15) is 0 Å². The summed E-state index contributed by atoms with van der Waals surface area (Å²) >= 11 is 0. The molecule has 2 N–H and O–H groups in total. The lowest BCUT2D eigenvalue weighted by Gasteiger charge is -2.19. The Balaban J connectivity index is 1.92. The van der Waals surface area contributed by atoms with Crippen LogP contribution in [-0.2, 0) is 9.47 Å². The predicted octanol–water partition coefficient (Wildman–Crippen LogP) is 1.89. The highest BCUT2D eigenvalue weighted by atomic mass is 19.1. The molecule has 110 valence electrons. The molecule has 1 fully saturated rings. The fourth-order valence-electron chi connectivity index (χ4n) is 1.97. The summed E-state index contributed by atoms with van der Waals surface area (Å²) in [7, 11) is 0. The van der Waals surface area contributed by atoms with Gasteiger partial charge in [-0.1, -0.05) is 0 Å². The van der Waals surface area contributed by atoms with Crippen molar-refractivity contribution in [1.29, 1.82) is 0 Å². The van der Waals surface area contributed by atoms with Crippen LogP contribution >= 0.6 is 0 Å². The molecule has 20 heavy (non-hydrogen) atoms. The Labute approximate surface area is 115 Å². The lowest BCUT2D eigenvalue weighted by atomic mass is 10.2. The van der Waals surface area contributed by atoms with Gasteiger partial charge in [-0.15, -0.1) is 0 Å². The van der Waals surface area contributed by atoms with E-state index in [4.69, 9.17) is 9.47 Å². The number of amides is 2. The lowest BCUT2D eigenvalue weighted by molar-refractivity contribution is 0.0428. The molecule has 0 aliphatic carbocycles. The zero-order valence-corrected chi connectivity index (χ0v) is 11.0. The number of anilines is 1. The summed E-state index contributed by atoms with van der Waals surface area (Å²) in [5.74, 6) is -1.53. The number of ether oxygens (including phenoxy) is 2. The number of urea groups is 1. The van der Waals surface area contributed by atoms with Crippen LogP contribution in [0, 0.1) is 11.6 Å². The zero-order valence-electron chi connectivity index (χ0n) is 11.0. The highest BCUT2D eigenvalue weighted by molar-refractivity contribution is 5.89. The molecular formula is C13H16F2N2O3. The maximum atomic E-state index is 13.4. The van der Waals surface area contributed by atoms with Crippen LogP contribution in [0.2, 0.25) is 0 Å². The van der Waals surface area contributed by atoms with Gasteiger partial charge in [0.25, 0.3) is 0 Å². The quantitative estimate of drug-likeness (QED) is 0.888. The van der Waals surface area contributed by atoms with Crippen molar-refractivity contribution < 1.29 is 23.0 Å². The third-order valence-electron chi connectivity index (χ3n) is 2.90. The number of hydrogen-bond donors (Lipinski definition) is 2. The first-order chi connectivity index (χ1) is 9.60. The Morgan fingerprint density at radius 2 is 2.25 bits per heavy atom. The van der Waals surface area contributed by atoms with E-state index in [0.717, 1.165) is 12.1 Å². The number of nitrogens with one attached hydrogen (secondary N) is 2. The predicted molar refractivity (Wildman–Crippen MR) is 68.5 cm³/mol. The molecular weight excluding hydrogens is 270 g/mol. The standard InChI is InChI=1S/C13H16F2N2O3/c1-2-20-12-7-19-6-11(12)17-13(18)16-10-4-3-8(14)5-9(10)15/h3-5,11-12H,2,6-7H2,1H3,(H2,16,17,18)/t11-,12-/m0/s1. The molecule has 1 heterocycles. The van der Waals surface area contributed by atoms with Gasteiger partial charge in [0.1, 0.15) is 17.7 Å². The van der Waals surface area contributed by atoms with Crippen molar-refractivity contribution in [2.24, 2.45) is 0 Å². The Morgan fingerprint density at radius 1 is 1.45 bits per heavy atom. The summed E-state index contributed by atoms with van der Waals surface area (Å²) in [4.78, 5) is 11.8. The van der Waals surface area contributed by atoms with E-state index in [2.05, 4.69) is 10.6 Å². The van der Waals surface area contributed by atoms with Crippen LogP contribution in [0.15, 0.2) is 18.2 Å². The van der Waals surface area contributed by atoms with E-state index in [0.29, 0.717) is 25.9 Å². The normalized spacial score (nSPS) is 21.8. The maximum absolute atomic E-state index is 13.4. The minimum Gasteiger partial charge on any atom is -0.376 e. The first-order valence-corrected chi connectivity index (χ1v) is 6.32. The molecule has 1 aliphatic rings. The third kappa shape index (κ3) is 3.64. The van der Waals surface area contributed by atoms with Gasteiger partial charge in [-0.25, -0.2) is 13.6 Å². The molecule has 0 spiro atoms. The maximum Gasteiger partial charge on any atom is 0.319 e. The molecule has 0 bridgehead atoms. The molecule has 1 aromatic carbocycles. The third-order valence-corrected chi connectivity index (χ3v) is 2.90. The van der Waals surface area contributed by atoms with Crippen molar-refractivity contribution in [3.63, 3.8) is 0 Å². The molecule has 0 saturated carbocycles. The van der Waals surface area contributed by atoms with Crippen molar-refractivity contribution in [2.45, 2.75) is 19.1 Å². The van der Waals surface area contributed by atoms with Gasteiger partial charge >= 0.3 is 6.03 Å². The molecule has 1 aliphatic heterocycles. The Morgan fingerprint density at radius 3 is 2.95 bits per heavy atom. The van der Waals surface area contributed by atoms with Crippen LogP contribution < -0.4 is 10.6 Å². The van der Waals surface area contributed by atoms with Gasteiger partial charge in [-0.05, 0) is 19.1 Å². The Kier molecular flexibility index (Phi) is 4.86. The molecule has 5 nitrogen and oxygen atoms in total. The monoisotopic (exact) mass is 286 g/mol. The van der Waals surface area contributed by atoms with Gasteiger partial charge < -0.3 is 20.1 Å². The van der Waals surface area contributed by atoms with Crippen molar-refractivity contribution in [1.82, 2.24) is 5.32 Å². The van der Waals surface area contributed by atoms with E-state index >= 15 is 0 Å². The fraction of sp³-hybridized carbons (Fsp3) is 0.462. The highest BCUT2D eigenvalue weighted by Gasteiger charge is 2.30. The van der Waals surface area contributed by atoms with Gasteiger partial charge in [-0.3, -0.25) is 0 Å². The van der Waals surface area contributed by atoms with Crippen LogP contribution in [0.3, 0.4) is 0 Å².